The summed E-state index contributed by atoms with van der Waals surface area (Å²) >= 11 is 0. The molecule has 0 heterocycles. The van der Waals surface area contributed by atoms with Crippen molar-refractivity contribution in [3.8, 4) is 0 Å². The van der Waals surface area contributed by atoms with E-state index < -0.39 is 0 Å². The molecule has 16 heavy (non-hydrogen) atoms. The van der Waals surface area contributed by atoms with Gasteiger partial charge in [-0.15, -0.1) is 0 Å². The fraction of sp³-hybridized carbons (Fsp3) is 0.467. The van der Waals surface area contributed by atoms with Crippen LogP contribution in [0.2, 0.25) is 0 Å². The normalized spacial score (nSPS) is 11.2. The average molecular weight is 217 g/mol. The molecule has 0 bridgehead atoms. The van der Waals surface area contributed by atoms with Gasteiger partial charge in [-0.25, -0.2) is 0 Å². The maximum atomic E-state index is 3.15. The highest BCUT2D eigenvalue weighted by molar-refractivity contribution is 5.38. The van der Waals surface area contributed by atoms with E-state index in [4.69, 9.17) is 0 Å². The molecule has 0 aliphatic heterocycles. The minimum absolute atomic E-state index is 1.06. The Labute approximate surface area is 99.6 Å². The molecular formula is C15H23N. The summed E-state index contributed by atoms with van der Waals surface area (Å²) in [4.78, 5) is 0. The Morgan fingerprint density at radius 2 is 1.69 bits per heavy atom. The van der Waals surface area contributed by atoms with Crippen molar-refractivity contribution in [2.45, 2.75) is 33.6 Å². The largest absolute Gasteiger partial charge is 0.319 e. The van der Waals surface area contributed by atoms with E-state index in [1.165, 1.54) is 22.3 Å². The quantitative estimate of drug-likeness (QED) is 0.589. The van der Waals surface area contributed by atoms with Crippen LogP contribution in [-0.4, -0.2) is 13.6 Å². The summed E-state index contributed by atoms with van der Waals surface area (Å²) in [6.07, 6.45) is 6.71. The maximum absolute atomic E-state index is 3.15. The van der Waals surface area contributed by atoms with Gasteiger partial charge in [-0.2, -0.15) is 0 Å². The van der Waals surface area contributed by atoms with Crippen molar-refractivity contribution in [3.63, 3.8) is 0 Å². The topological polar surface area (TPSA) is 12.0 Å². The van der Waals surface area contributed by atoms with Gasteiger partial charge in [0.1, 0.15) is 0 Å². The van der Waals surface area contributed by atoms with Crippen LogP contribution in [0.15, 0.2) is 24.3 Å². The Bertz CT molecular complexity index is 341. The predicted octanol–water partition coefficient (Wildman–Crippen LogP) is 3.32. The van der Waals surface area contributed by atoms with E-state index in [1.807, 2.05) is 7.05 Å². The molecule has 1 aromatic carbocycles. The fourth-order valence-electron chi connectivity index (χ4n) is 2.08. The van der Waals surface area contributed by atoms with Crippen LogP contribution < -0.4 is 5.32 Å². The van der Waals surface area contributed by atoms with Crippen LogP contribution in [0.4, 0.5) is 0 Å². The van der Waals surface area contributed by atoms with Gasteiger partial charge >= 0.3 is 0 Å². The molecule has 0 aromatic heterocycles. The van der Waals surface area contributed by atoms with E-state index >= 15 is 0 Å². The summed E-state index contributed by atoms with van der Waals surface area (Å²) < 4.78 is 0. The number of allylic oxidation sites excluding steroid dienone is 1. The molecule has 0 atom stereocenters. The van der Waals surface area contributed by atoms with Crippen molar-refractivity contribution in [2.75, 3.05) is 13.6 Å². The standard InChI is InChI=1S/C15H23N/c1-12-10-13(2)15(14(3)11-12)8-6-5-7-9-16-4/h5-6,10-11,16H,7-9H2,1-4H3. The molecule has 0 saturated heterocycles. The predicted molar refractivity (Wildman–Crippen MR) is 72.0 cm³/mol. The lowest BCUT2D eigenvalue weighted by molar-refractivity contribution is 0.806. The van der Waals surface area contributed by atoms with E-state index in [-0.39, 0.29) is 0 Å². The second-order valence-corrected chi connectivity index (χ2v) is 4.45. The molecule has 1 rings (SSSR count). The first-order valence-corrected chi connectivity index (χ1v) is 6.01. The first-order chi connectivity index (χ1) is 7.65. The van der Waals surface area contributed by atoms with E-state index in [0.717, 1.165) is 19.4 Å². The van der Waals surface area contributed by atoms with Gasteiger partial charge in [-0.1, -0.05) is 29.8 Å². The van der Waals surface area contributed by atoms with Gasteiger partial charge in [0.15, 0.2) is 0 Å². The minimum Gasteiger partial charge on any atom is -0.319 e. The summed E-state index contributed by atoms with van der Waals surface area (Å²) in [6, 6.07) is 4.54. The van der Waals surface area contributed by atoms with Crippen molar-refractivity contribution in [2.24, 2.45) is 0 Å². The zero-order valence-corrected chi connectivity index (χ0v) is 10.9. The van der Waals surface area contributed by atoms with E-state index in [1.54, 1.807) is 0 Å². The Balaban J connectivity index is 2.63. The van der Waals surface area contributed by atoms with Crippen LogP contribution in [0.25, 0.3) is 0 Å². The molecule has 0 aliphatic carbocycles. The Morgan fingerprint density at radius 3 is 2.25 bits per heavy atom. The first kappa shape index (κ1) is 13.0. The lowest BCUT2D eigenvalue weighted by Gasteiger charge is -2.09. The molecule has 1 heteroatoms. The SMILES string of the molecule is CNCCC=CCc1c(C)cc(C)cc1C. The molecule has 0 fully saturated rings. The third-order valence-corrected chi connectivity index (χ3v) is 2.89. The molecule has 0 aliphatic rings. The van der Waals surface area contributed by atoms with Crippen molar-refractivity contribution >= 4 is 0 Å². The summed E-state index contributed by atoms with van der Waals surface area (Å²) in [5.41, 5.74) is 5.66. The molecule has 0 radical (unpaired) electrons. The zero-order chi connectivity index (χ0) is 12.0. The minimum atomic E-state index is 1.06. The van der Waals surface area contributed by atoms with E-state index in [0.29, 0.717) is 0 Å². The van der Waals surface area contributed by atoms with E-state index in [2.05, 4.69) is 50.4 Å². The highest BCUT2D eigenvalue weighted by Crippen LogP contribution is 2.17. The monoisotopic (exact) mass is 217 g/mol. The maximum Gasteiger partial charge on any atom is -0.00173 e. The number of hydrogen-bond donors (Lipinski definition) is 1. The van der Waals surface area contributed by atoms with Crippen LogP contribution in [0.1, 0.15) is 28.7 Å². The van der Waals surface area contributed by atoms with E-state index in [9.17, 15) is 0 Å². The van der Waals surface area contributed by atoms with Crippen molar-refractivity contribution in [1.29, 1.82) is 0 Å². The molecular weight excluding hydrogens is 194 g/mol. The molecule has 0 unspecified atom stereocenters. The molecule has 1 aromatic rings. The number of rotatable bonds is 5. The second kappa shape index (κ2) is 6.49. The van der Waals surface area contributed by atoms with Crippen LogP contribution in [0.5, 0.6) is 0 Å². The van der Waals surface area contributed by atoms with Gasteiger partial charge in [0.05, 0.1) is 0 Å². The third-order valence-electron chi connectivity index (χ3n) is 2.89. The van der Waals surface area contributed by atoms with Crippen LogP contribution in [0, 0.1) is 20.8 Å². The molecule has 88 valence electrons. The summed E-state index contributed by atoms with van der Waals surface area (Å²) in [6.45, 7) is 7.63. The van der Waals surface area contributed by atoms with Gasteiger partial charge in [0, 0.05) is 0 Å². The zero-order valence-electron chi connectivity index (χ0n) is 10.9. The first-order valence-electron chi connectivity index (χ1n) is 6.01. The Morgan fingerprint density at radius 1 is 1.06 bits per heavy atom. The van der Waals surface area contributed by atoms with Crippen molar-refractivity contribution in [1.82, 2.24) is 5.32 Å². The highest BCUT2D eigenvalue weighted by atomic mass is 14.8. The van der Waals surface area contributed by atoms with Gasteiger partial charge in [-0.3, -0.25) is 0 Å². The Hall–Kier alpha value is -1.08. The number of hydrogen-bond acceptors (Lipinski definition) is 1. The molecule has 1 N–H and O–H groups in total. The summed E-state index contributed by atoms with van der Waals surface area (Å²) in [5, 5.41) is 3.15. The van der Waals surface area contributed by atoms with Gasteiger partial charge in [-0.05, 0) is 63.9 Å². The number of nitrogens with one attached hydrogen (secondary N) is 1. The molecule has 0 amide bonds. The van der Waals surface area contributed by atoms with Crippen molar-refractivity contribution in [3.05, 3.63) is 46.5 Å². The number of aryl methyl sites for hydroxylation is 3. The number of benzene rings is 1. The van der Waals surface area contributed by atoms with Crippen molar-refractivity contribution < 1.29 is 0 Å². The second-order valence-electron chi connectivity index (χ2n) is 4.45. The lowest BCUT2D eigenvalue weighted by atomic mass is 9.97. The van der Waals surface area contributed by atoms with Crippen LogP contribution in [0.3, 0.4) is 0 Å². The fourth-order valence-corrected chi connectivity index (χ4v) is 2.08. The van der Waals surface area contributed by atoms with Gasteiger partial charge in [0.25, 0.3) is 0 Å². The average Bonchev–Trinajstić information content (AvgIpc) is 2.20. The molecule has 0 spiro atoms. The van der Waals surface area contributed by atoms with Gasteiger partial charge in [0.2, 0.25) is 0 Å². The smallest absolute Gasteiger partial charge is 0.00173 e. The van der Waals surface area contributed by atoms with Crippen LogP contribution >= 0.6 is 0 Å². The molecule has 0 saturated carbocycles. The third kappa shape index (κ3) is 3.82. The lowest BCUT2D eigenvalue weighted by Crippen LogP contribution is -2.05. The Kier molecular flexibility index (Phi) is 5.27. The molecule has 1 nitrogen and oxygen atoms in total. The summed E-state index contributed by atoms with van der Waals surface area (Å²) in [7, 11) is 1.99. The van der Waals surface area contributed by atoms with Crippen LogP contribution in [-0.2, 0) is 6.42 Å². The van der Waals surface area contributed by atoms with Gasteiger partial charge < -0.3 is 5.32 Å². The summed E-state index contributed by atoms with van der Waals surface area (Å²) in [5.74, 6) is 0. The highest BCUT2D eigenvalue weighted by Gasteiger charge is 2.01.